The quantitative estimate of drug-likeness (QED) is 0.460. The Kier molecular flexibility index (Phi) is 9.19. The van der Waals surface area contributed by atoms with Gasteiger partial charge in [-0.3, -0.25) is 13.9 Å². The lowest BCUT2D eigenvalue weighted by molar-refractivity contribution is -0.139. The molecule has 0 bridgehead atoms. The molecule has 1 N–H and O–H groups in total. The number of nitrogens with zero attached hydrogens (tertiary/aromatic N) is 2. The number of nitrogens with one attached hydrogen (secondary N) is 1. The molecule has 0 saturated carbocycles. The van der Waals surface area contributed by atoms with Crippen molar-refractivity contribution in [2.24, 2.45) is 0 Å². The number of sulfonamides is 1. The van der Waals surface area contributed by atoms with E-state index in [2.05, 4.69) is 5.32 Å². The highest BCUT2D eigenvalue weighted by molar-refractivity contribution is 7.92. The molecule has 10 heteroatoms. The number of aryl methyl sites for hydroxylation is 1. The van der Waals surface area contributed by atoms with Gasteiger partial charge in [0.1, 0.15) is 25.8 Å². The summed E-state index contributed by atoms with van der Waals surface area (Å²) in [4.78, 5) is 28.0. The maximum atomic E-state index is 13.6. The largest absolute Gasteiger partial charge is 0.486 e. The summed E-state index contributed by atoms with van der Waals surface area (Å²) in [7, 11) is -3.83. The minimum atomic E-state index is -3.83. The van der Waals surface area contributed by atoms with Gasteiger partial charge in [0.2, 0.25) is 21.8 Å². The predicted molar refractivity (Wildman–Crippen MR) is 139 cm³/mol. The monoisotopic (exact) mass is 517 g/mol. The zero-order valence-corrected chi connectivity index (χ0v) is 22.1. The van der Waals surface area contributed by atoms with Crippen molar-refractivity contribution in [2.45, 2.75) is 46.2 Å². The van der Waals surface area contributed by atoms with E-state index < -0.39 is 28.5 Å². The Morgan fingerprint density at radius 1 is 1.08 bits per heavy atom. The van der Waals surface area contributed by atoms with Crippen molar-refractivity contribution in [1.29, 1.82) is 0 Å². The van der Waals surface area contributed by atoms with Crippen molar-refractivity contribution in [3.63, 3.8) is 0 Å². The standard InChI is InChI=1S/C26H35N3O6S/c1-5-6-13-27-26(31)20(3)28(17-21-10-8-7-9-19(21)2)25(30)18-29(36(4,32)33)22-11-12-23-24(16-22)35-15-14-34-23/h7-12,16,20H,5-6,13-15,17-18H2,1-4H3,(H,27,31)/t20-/m0/s1. The van der Waals surface area contributed by atoms with Gasteiger partial charge in [0.25, 0.3) is 0 Å². The predicted octanol–water partition coefficient (Wildman–Crippen LogP) is 2.87. The van der Waals surface area contributed by atoms with Gasteiger partial charge < -0.3 is 19.7 Å². The number of unbranched alkanes of at least 4 members (excludes halogenated alkanes) is 1. The Morgan fingerprint density at radius 3 is 2.44 bits per heavy atom. The maximum absolute atomic E-state index is 13.6. The molecular weight excluding hydrogens is 482 g/mol. The van der Waals surface area contributed by atoms with Gasteiger partial charge in [-0.1, -0.05) is 37.6 Å². The number of ether oxygens (including phenoxy) is 2. The number of carbonyl (C=O) groups is 2. The van der Waals surface area contributed by atoms with Gasteiger partial charge in [-0.05, 0) is 43.5 Å². The molecule has 2 aromatic carbocycles. The molecule has 0 aliphatic carbocycles. The van der Waals surface area contributed by atoms with E-state index in [1.165, 1.54) is 4.90 Å². The van der Waals surface area contributed by atoms with Crippen LogP contribution in [0.5, 0.6) is 11.5 Å². The molecule has 0 saturated heterocycles. The molecule has 3 rings (SSSR count). The number of hydrogen-bond acceptors (Lipinski definition) is 6. The summed E-state index contributed by atoms with van der Waals surface area (Å²) in [5.41, 5.74) is 2.14. The van der Waals surface area contributed by atoms with Crippen molar-refractivity contribution in [1.82, 2.24) is 10.2 Å². The minimum Gasteiger partial charge on any atom is -0.486 e. The molecule has 196 valence electrons. The summed E-state index contributed by atoms with van der Waals surface area (Å²) in [6, 6.07) is 11.6. The summed E-state index contributed by atoms with van der Waals surface area (Å²) in [6.07, 6.45) is 2.80. The fourth-order valence-corrected chi connectivity index (χ4v) is 4.73. The molecule has 0 unspecified atom stereocenters. The van der Waals surface area contributed by atoms with Crippen LogP contribution in [0.4, 0.5) is 5.69 Å². The zero-order chi connectivity index (χ0) is 26.3. The summed E-state index contributed by atoms with van der Waals surface area (Å²) < 4.78 is 37.7. The van der Waals surface area contributed by atoms with Crippen LogP contribution in [0.25, 0.3) is 0 Å². The molecule has 1 aliphatic heterocycles. The van der Waals surface area contributed by atoms with E-state index in [1.807, 2.05) is 38.1 Å². The van der Waals surface area contributed by atoms with Gasteiger partial charge in [-0.2, -0.15) is 0 Å². The smallest absolute Gasteiger partial charge is 0.244 e. The van der Waals surface area contributed by atoms with Gasteiger partial charge in [-0.15, -0.1) is 0 Å². The van der Waals surface area contributed by atoms with Crippen LogP contribution in [-0.2, 0) is 26.2 Å². The Hall–Kier alpha value is -3.27. The van der Waals surface area contributed by atoms with Crippen LogP contribution in [0.15, 0.2) is 42.5 Å². The SMILES string of the molecule is CCCCNC(=O)[C@H](C)N(Cc1ccccc1C)C(=O)CN(c1ccc2c(c1)OCCO2)S(C)(=O)=O. The number of amides is 2. The van der Waals surface area contributed by atoms with E-state index in [1.54, 1.807) is 25.1 Å². The second-order valence-electron chi connectivity index (χ2n) is 8.87. The van der Waals surface area contributed by atoms with Crippen LogP contribution in [0.3, 0.4) is 0 Å². The zero-order valence-electron chi connectivity index (χ0n) is 21.3. The molecule has 36 heavy (non-hydrogen) atoms. The molecule has 1 aliphatic rings. The van der Waals surface area contributed by atoms with E-state index in [9.17, 15) is 18.0 Å². The van der Waals surface area contributed by atoms with Gasteiger partial charge in [0.05, 0.1) is 11.9 Å². The Labute approximate surface area is 213 Å². The number of hydrogen-bond donors (Lipinski definition) is 1. The fraction of sp³-hybridized carbons (Fsp3) is 0.462. The molecular formula is C26H35N3O6S. The van der Waals surface area contributed by atoms with Crippen molar-refractivity contribution >= 4 is 27.5 Å². The third-order valence-electron chi connectivity index (χ3n) is 6.09. The van der Waals surface area contributed by atoms with Crippen molar-refractivity contribution in [2.75, 3.05) is 36.9 Å². The third kappa shape index (κ3) is 6.90. The molecule has 0 aromatic heterocycles. The second-order valence-corrected chi connectivity index (χ2v) is 10.8. The molecule has 2 amide bonds. The molecule has 2 aromatic rings. The highest BCUT2D eigenvalue weighted by atomic mass is 32.2. The van der Waals surface area contributed by atoms with E-state index in [4.69, 9.17) is 9.47 Å². The van der Waals surface area contributed by atoms with Crippen LogP contribution < -0.4 is 19.1 Å². The number of fused-ring (bicyclic) bond motifs is 1. The van der Waals surface area contributed by atoms with Gasteiger partial charge in [0.15, 0.2) is 11.5 Å². The van der Waals surface area contributed by atoms with E-state index in [0.717, 1.165) is 34.5 Å². The number of rotatable bonds is 11. The first kappa shape index (κ1) is 27.3. The first-order valence-electron chi connectivity index (χ1n) is 12.1. The van der Waals surface area contributed by atoms with Gasteiger partial charge in [0, 0.05) is 19.2 Å². The average molecular weight is 518 g/mol. The van der Waals surface area contributed by atoms with E-state index >= 15 is 0 Å². The lowest BCUT2D eigenvalue weighted by atomic mass is 10.1. The molecule has 0 radical (unpaired) electrons. The summed E-state index contributed by atoms with van der Waals surface area (Å²) >= 11 is 0. The lowest BCUT2D eigenvalue weighted by Gasteiger charge is -2.32. The van der Waals surface area contributed by atoms with Gasteiger partial charge >= 0.3 is 0 Å². The molecule has 1 atom stereocenters. The average Bonchev–Trinajstić information content (AvgIpc) is 2.85. The molecule has 0 fully saturated rings. The fourth-order valence-electron chi connectivity index (χ4n) is 3.89. The highest BCUT2D eigenvalue weighted by Crippen LogP contribution is 2.34. The van der Waals surface area contributed by atoms with Crippen molar-refractivity contribution in [3.05, 3.63) is 53.6 Å². The Morgan fingerprint density at radius 2 is 1.78 bits per heavy atom. The van der Waals surface area contributed by atoms with Crippen LogP contribution in [-0.4, -0.2) is 63.7 Å². The topological polar surface area (TPSA) is 105 Å². The van der Waals surface area contributed by atoms with E-state index in [-0.39, 0.29) is 18.1 Å². The first-order chi connectivity index (χ1) is 17.1. The Bertz CT molecular complexity index is 1180. The van der Waals surface area contributed by atoms with Gasteiger partial charge in [-0.25, -0.2) is 8.42 Å². The first-order valence-corrected chi connectivity index (χ1v) is 14.0. The van der Waals surface area contributed by atoms with Crippen LogP contribution in [0.2, 0.25) is 0 Å². The van der Waals surface area contributed by atoms with Crippen molar-refractivity contribution < 1.29 is 27.5 Å². The van der Waals surface area contributed by atoms with Crippen molar-refractivity contribution in [3.8, 4) is 11.5 Å². The number of carbonyl (C=O) groups excluding carboxylic acids is 2. The summed E-state index contributed by atoms with van der Waals surface area (Å²) in [5.74, 6) is 0.163. The third-order valence-corrected chi connectivity index (χ3v) is 7.23. The molecule has 1 heterocycles. The number of anilines is 1. The summed E-state index contributed by atoms with van der Waals surface area (Å²) in [6.45, 7) is 6.60. The Balaban J connectivity index is 1.90. The van der Waals surface area contributed by atoms with E-state index in [0.29, 0.717) is 31.3 Å². The van der Waals surface area contributed by atoms with Crippen LogP contribution in [0, 0.1) is 6.92 Å². The lowest BCUT2D eigenvalue weighted by Crippen LogP contribution is -2.51. The molecule has 0 spiro atoms. The highest BCUT2D eigenvalue weighted by Gasteiger charge is 2.30. The van der Waals surface area contributed by atoms with Crippen LogP contribution in [0.1, 0.15) is 37.8 Å². The second kappa shape index (κ2) is 12.1. The maximum Gasteiger partial charge on any atom is 0.244 e. The minimum absolute atomic E-state index is 0.173. The number of benzene rings is 2. The normalized spacial score (nSPS) is 13.6. The van der Waals surface area contributed by atoms with Crippen LogP contribution >= 0.6 is 0 Å². The molecule has 9 nitrogen and oxygen atoms in total. The summed E-state index contributed by atoms with van der Waals surface area (Å²) in [5, 5.41) is 2.87.